The molecule has 1 saturated carbocycles. The smallest absolute Gasteiger partial charge is 0.231 e. The number of aliphatic imine (C=N–C) groups is 1. The van der Waals surface area contributed by atoms with Gasteiger partial charge in [0.1, 0.15) is 0 Å². The van der Waals surface area contributed by atoms with Gasteiger partial charge in [-0.1, -0.05) is 37.5 Å². The molecule has 1 atom stereocenters. The average Bonchev–Trinajstić information content (AvgIpc) is 2.54. The molecule has 0 N–H and O–H groups in total. The summed E-state index contributed by atoms with van der Waals surface area (Å²) in [5, 5.41) is 0. The molecular weight excluding hydrogens is 274 g/mol. The summed E-state index contributed by atoms with van der Waals surface area (Å²) in [5.74, 6) is 1.11. The van der Waals surface area contributed by atoms with Gasteiger partial charge in [0, 0.05) is 18.5 Å². The minimum Gasteiger partial charge on any atom is -0.336 e. The van der Waals surface area contributed by atoms with E-state index in [1.807, 2.05) is 17.0 Å². The molecule has 0 radical (unpaired) electrons. The fourth-order valence-electron chi connectivity index (χ4n) is 4.10. The summed E-state index contributed by atoms with van der Waals surface area (Å²) in [6.45, 7) is 2.84. The van der Waals surface area contributed by atoms with Crippen molar-refractivity contribution in [1.29, 1.82) is 0 Å². The third kappa shape index (κ3) is 2.21. The molecule has 4 nitrogen and oxygen atoms in total. The van der Waals surface area contributed by atoms with E-state index in [2.05, 4.69) is 24.0 Å². The topological polar surface area (TPSA) is 35.9 Å². The summed E-state index contributed by atoms with van der Waals surface area (Å²) in [5.41, 5.74) is 2.18. The molecule has 0 bridgehead atoms. The van der Waals surface area contributed by atoms with Gasteiger partial charge >= 0.3 is 0 Å². The van der Waals surface area contributed by atoms with Gasteiger partial charge in [-0.3, -0.25) is 9.69 Å². The van der Waals surface area contributed by atoms with Crippen LogP contribution in [-0.4, -0.2) is 33.8 Å². The Bertz CT molecular complexity index is 619. The molecule has 4 rings (SSSR count). The summed E-state index contributed by atoms with van der Waals surface area (Å²) in [4.78, 5) is 21.7. The van der Waals surface area contributed by atoms with Gasteiger partial charge in [0.05, 0.1) is 12.2 Å². The van der Waals surface area contributed by atoms with Gasteiger partial charge < -0.3 is 4.90 Å². The molecule has 2 fully saturated rings. The van der Waals surface area contributed by atoms with Crippen LogP contribution in [0.2, 0.25) is 0 Å². The van der Waals surface area contributed by atoms with Crippen LogP contribution >= 0.6 is 0 Å². The number of carbonyl (C=O) groups is 1. The third-order valence-electron chi connectivity index (χ3n) is 5.23. The number of fused-ring (bicyclic) bond motifs is 2. The summed E-state index contributed by atoms with van der Waals surface area (Å²) >= 11 is 0. The maximum Gasteiger partial charge on any atom is 0.231 e. The van der Waals surface area contributed by atoms with Crippen LogP contribution in [0, 0.1) is 0 Å². The number of hydrogen-bond donors (Lipinski definition) is 0. The number of nitrogens with zero attached hydrogens (tertiary/aromatic N) is 3. The standard InChI is InChI=1S/C18H23N3O/c1-13-11-17(22)20-12-14-7-5-6-10-16(14)19-18(20)21(13)15-8-3-2-4-9-15/h5-7,10,13,15H,2-4,8-9,11-12H2,1H3. The largest absolute Gasteiger partial charge is 0.336 e. The van der Waals surface area contributed by atoms with Crippen molar-refractivity contribution in [3.8, 4) is 0 Å². The monoisotopic (exact) mass is 297 g/mol. The van der Waals surface area contributed by atoms with Gasteiger partial charge in [-0.15, -0.1) is 0 Å². The summed E-state index contributed by atoms with van der Waals surface area (Å²) in [6.07, 6.45) is 7.01. The Morgan fingerprint density at radius 3 is 2.73 bits per heavy atom. The number of benzene rings is 1. The normalized spacial score (nSPS) is 25.6. The number of hydrogen-bond acceptors (Lipinski definition) is 3. The van der Waals surface area contributed by atoms with Crippen molar-refractivity contribution in [2.24, 2.45) is 4.99 Å². The van der Waals surface area contributed by atoms with E-state index >= 15 is 0 Å². The van der Waals surface area contributed by atoms with E-state index in [0.29, 0.717) is 19.0 Å². The zero-order chi connectivity index (χ0) is 15.1. The van der Waals surface area contributed by atoms with Gasteiger partial charge in [-0.05, 0) is 31.4 Å². The molecule has 4 heteroatoms. The summed E-state index contributed by atoms with van der Waals surface area (Å²) < 4.78 is 0. The highest BCUT2D eigenvalue weighted by Gasteiger charge is 2.40. The average molecular weight is 297 g/mol. The van der Waals surface area contributed by atoms with Crippen LogP contribution < -0.4 is 0 Å². The molecule has 2 heterocycles. The lowest BCUT2D eigenvalue weighted by atomic mass is 9.92. The maximum absolute atomic E-state index is 12.5. The molecule has 1 aliphatic carbocycles. The first-order chi connectivity index (χ1) is 10.7. The minimum atomic E-state index is 0.216. The molecule has 22 heavy (non-hydrogen) atoms. The lowest BCUT2D eigenvalue weighted by Gasteiger charge is -2.48. The lowest BCUT2D eigenvalue weighted by molar-refractivity contribution is -0.132. The summed E-state index contributed by atoms with van der Waals surface area (Å²) in [7, 11) is 0. The maximum atomic E-state index is 12.5. The van der Waals surface area contributed by atoms with E-state index in [1.54, 1.807) is 0 Å². The van der Waals surface area contributed by atoms with Crippen LogP contribution in [0.5, 0.6) is 0 Å². The van der Waals surface area contributed by atoms with E-state index in [1.165, 1.54) is 32.1 Å². The van der Waals surface area contributed by atoms with Crippen molar-refractivity contribution >= 4 is 17.6 Å². The number of rotatable bonds is 1. The van der Waals surface area contributed by atoms with Gasteiger partial charge in [0.15, 0.2) is 0 Å². The molecule has 116 valence electrons. The first kappa shape index (κ1) is 13.8. The molecule has 1 aromatic carbocycles. The van der Waals surface area contributed by atoms with E-state index < -0.39 is 0 Å². The molecule has 1 unspecified atom stereocenters. The van der Waals surface area contributed by atoms with Crippen LogP contribution in [-0.2, 0) is 11.3 Å². The number of para-hydroxylation sites is 1. The molecule has 1 amide bonds. The fraction of sp³-hybridized carbons (Fsp3) is 0.556. The highest BCUT2D eigenvalue weighted by Crippen LogP contribution is 2.34. The Morgan fingerprint density at radius 1 is 1.14 bits per heavy atom. The second-order valence-corrected chi connectivity index (χ2v) is 6.77. The van der Waals surface area contributed by atoms with Crippen molar-refractivity contribution in [3.05, 3.63) is 29.8 Å². The van der Waals surface area contributed by atoms with Crippen molar-refractivity contribution in [2.75, 3.05) is 0 Å². The number of carbonyl (C=O) groups excluding carboxylic acids is 1. The van der Waals surface area contributed by atoms with Crippen LogP contribution in [0.25, 0.3) is 0 Å². The van der Waals surface area contributed by atoms with Crippen LogP contribution in [0.3, 0.4) is 0 Å². The highest BCUT2D eigenvalue weighted by molar-refractivity contribution is 6.02. The molecule has 1 saturated heterocycles. The van der Waals surface area contributed by atoms with Crippen molar-refractivity contribution in [3.63, 3.8) is 0 Å². The van der Waals surface area contributed by atoms with Crippen LogP contribution in [0.4, 0.5) is 5.69 Å². The molecule has 0 aromatic heterocycles. The Labute approximate surface area is 131 Å². The molecule has 1 aromatic rings. The van der Waals surface area contributed by atoms with Crippen molar-refractivity contribution < 1.29 is 4.79 Å². The molecular formula is C18H23N3O. The second kappa shape index (κ2) is 5.41. The van der Waals surface area contributed by atoms with E-state index in [9.17, 15) is 4.79 Å². The Hall–Kier alpha value is -1.84. The van der Waals surface area contributed by atoms with Gasteiger partial charge in [-0.25, -0.2) is 4.99 Å². The predicted octanol–water partition coefficient (Wildman–Crippen LogP) is 3.44. The third-order valence-corrected chi connectivity index (χ3v) is 5.23. The van der Waals surface area contributed by atoms with Crippen molar-refractivity contribution in [2.45, 2.75) is 64.1 Å². The summed E-state index contributed by atoms with van der Waals surface area (Å²) in [6, 6.07) is 8.99. The molecule has 2 aliphatic heterocycles. The Balaban J connectivity index is 1.74. The Kier molecular flexibility index (Phi) is 3.40. The minimum absolute atomic E-state index is 0.216. The fourth-order valence-corrected chi connectivity index (χ4v) is 4.10. The van der Waals surface area contributed by atoms with Gasteiger partial charge in [-0.2, -0.15) is 0 Å². The number of guanidine groups is 1. The first-order valence-electron chi connectivity index (χ1n) is 8.49. The predicted molar refractivity (Wildman–Crippen MR) is 86.9 cm³/mol. The molecule has 0 spiro atoms. The molecule has 3 aliphatic rings. The first-order valence-corrected chi connectivity index (χ1v) is 8.49. The van der Waals surface area contributed by atoms with E-state index in [4.69, 9.17) is 4.99 Å². The van der Waals surface area contributed by atoms with Crippen molar-refractivity contribution in [1.82, 2.24) is 9.80 Å². The van der Waals surface area contributed by atoms with E-state index in [-0.39, 0.29) is 11.9 Å². The number of amides is 1. The van der Waals surface area contributed by atoms with Gasteiger partial charge in [0.25, 0.3) is 0 Å². The quantitative estimate of drug-likeness (QED) is 0.796. The van der Waals surface area contributed by atoms with E-state index in [0.717, 1.165) is 17.2 Å². The van der Waals surface area contributed by atoms with Gasteiger partial charge in [0.2, 0.25) is 11.9 Å². The zero-order valence-corrected chi connectivity index (χ0v) is 13.2. The lowest BCUT2D eigenvalue weighted by Crippen LogP contribution is -2.60. The Morgan fingerprint density at radius 2 is 1.91 bits per heavy atom. The second-order valence-electron chi connectivity index (χ2n) is 6.77. The zero-order valence-electron chi connectivity index (χ0n) is 13.2. The highest BCUT2D eigenvalue weighted by atomic mass is 16.2. The van der Waals surface area contributed by atoms with Crippen LogP contribution in [0.1, 0.15) is 51.0 Å². The SMILES string of the molecule is CC1CC(=O)N2Cc3ccccc3N=C2N1C1CCCCC1. The van der Waals surface area contributed by atoms with Crippen LogP contribution in [0.15, 0.2) is 29.3 Å².